The quantitative estimate of drug-likeness (QED) is 0.603. The maximum Gasteiger partial charge on any atom is 0.250 e. The first-order chi connectivity index (χ1) is 8.74. The van der Waals surface area contributed by atoms with Crippen molar-refractivity contribution in [2.24, 2.45) is 5.92 Å². The van der Waals surface area contributed by atoms with Crippen molar-refractivity contribution >= 4 is 14.6 Å². The second kappa shape index (κ2) is 4.78. The van der Waals surface area contributed by atoms with Crippen LogP contribution in [0.1, 0.15) is 38.7 Å². The highest BCUT2D eigenvalue weighted by molar-refractivity contribution is 6.74. The first kappa shape index (κ1) is 14.3. The molecular formula is C16H24O2Si. The lowest BCUT2D eigenvalue weighted by Gasteiger charge is -2.36. The average molecular weight is 276 g/mol. The van der Waals surface area contributed by atoms with Crippen LogP contribution >= 0.6 is 0 Å². The molecule has 3 heteroatoms. The summed E-state index contributed by atoms with van der Waals surface area (Å²) in [6, 6.07) is 8.32. The van der Waals surface area contributed by atoms with Crippen LogP contribution in [0.25, 0.3) is 0 Å². The van der Waals surface area contributed by atoms with Gasteiger partial charge in [0.25, 0.3) is 0 Å². The second-order valence-electron chi connectivity index (χ2n) is 7.07. The summed E-state index contributed by atoms with van der Waals surface area (Å²) in [4.78, 5) is 10.7. The third kappa shape index (κ3) is 3.08. The zero-order valence-corrected chi connectivity index (χ0v) is 13.6. The minimum Gasteiger partial charge on any atom is -0.544 e. The van der Waals surface area contributed by atoms with Gasteiger partial charge < -0.3 is 9.22 Å². The minimum absolute atomic E-state index is 0.213. The summed E-state index contributed by atoms with van der Waals surface area (Å²) in [5, 5.41) is 0.213. The molecule has 0 aliphatic heterocycles. The van der Waals surface area contributed by atoms with Gasteiger partial charge in [0.15, 0.2) is 0 Å². The van der Waals surface area contributed by atoms with E-state index >= 15 is 0 Å². The van der Waals surface area contributed by atoms with Gasteiger partial charge in [0.05, 0.1) is 0 Å². The molecule has 1 aliphatic carbocycles. The molecule has 0 heterocycles. The molecule has 0 N–H and O–H groups in total. The molecule has 2 rings (SSSR count). The fourth-order valence-corrected chi connectivity index (χ4v) is 3.01. The monoisotopic (exact) mass is 276 g/mol. The smallest absolute Gasteiger partial charge is 0.250 e. The number of hydrogen-bond donors (Lipinski definition) is 0. The van der Waals surface area contributed by atoms with Crippen LogP contribution in [0.15, 0.2) is 24.3 Å². The van der Waals surface area contributed by atoms with Gasteiger partial charge in [-0.3, -0.25) is 0 Å². The minimum atomic E-state index is -1.75. The van der Waals surface area contributed by atoms with Crippen LogP contribution in [-0.2, 0) is 4.79 Å². The number of aldehydes is 1. The predicted molar refractivity (Wildman–Crippen MR) is 81.2 cm³/mol. The third-order valence-electron chi connectivity index (χ3n) is 4.50. The fraction of sp³-hybridized carbons (Fsp3) is 0.562. The van der Waals surface area contributed by atoms with E-state index < -0.39 is 8.32 Å². The van der Waals surface area contributed by atoms with Crippen molar-refractivity contribution in [1.29, 1.82) is 0 Å². The largest absolute Gasteiger partial charge is 0.544 e. The molecular weight excluding hydrogens is 252 g/mol. The SMILES string of the molecule is CC(C)(C)[Si](C)(C)Oc1ccc(C2CC2C=O)cc1. The Morgan fingerprint density at radius 3 is 2.21 bits per heavy atom. The molecule has 1 aromatic rings. The molecule has 1 saturated carbocycles. The number of benzene rings is 1. The van der Waals surface area contributed by atoms with Crippen molar-refractivity contribution < 1.29 is 9.22 Å². The van der Waals surface area contributed by atoms with E-state index in [1.165, 1.54) is 5.56 Å². The summed E-state index contributed by atoms with van der Waals surface area (Å²) in [6.07, 6.45) is 2.08. The van der Waals surface area contributed by atoms with Gasteiger partial charge in [0, 0.05) is 5.92 Å². The van der Waals surface area contributed by atoms with Gasteiger partial charge in [-0.25, -0.2) is 0 Å². The molecule has 2 atom stereocenters. The van der Waals surface area contributed by atoms with Gasteiger partial charge in [0.2, 0.25) is 8.32 Å². The fourth-order valence-electron chi connectivity index (χ4n) is 1.98. The second-order valence-corrected chi connectivity index (χ2v) is 11.8. The van der Waals surface area contributed by atoms with E-state index in [1.54, 1.807) is 0 Å². The van der Waals surface area contributed by atoms with Crippen molar-refractivity contribution in [2.75, 3.05) is 0 Å². The Morgan fingerprint density at radius 2 is 1.79 bits per heavy atom. The highest BCUT2D eigenvalue weighted by Crippen LogP contribution is 2.46. The van der Waals surface area contributed by atoms with Crippen LogP contribution < -0.4 is 4.43 Å². The van der Waals surface area contributed by atoms with E-state index in [9.17, 15) is 4.79 Å². The number of carbonyl (C=O) groups is 1. The van der Waals surface area contributed by atoms with Crippen molar-refractivity contribution in [2.45, 2.75) is 51.2 Å². The zero-order valence-electron chi connectivity index (χ0n) is 12.6. The van der Waals surface area contributed by atoms with E-state index in [-0.39, 0.29) is 11.0 Å². The summed E-state index contributed by atoms with van der Waals surface area (Å²) in [5.74, 6) is 1.64. The number of rotatable bonds is 4. The molecule has 2 unspecified atom stereocenters. The Labute approximate surface area is 117 Å². The van der Waals surface area contributed by atoms with Crippen LogP contribution in [-0.4, -0.2) is 14.6 Å². The molecule has 0 saturated heterocycles. The third-order valence-corrected chi connectivity index (χ3v) is 8.86. The lowest BCUT2D eigenvalue weighted by Crippen LogP contribution is -2.43. The lowest BCUT2D eigenvalue weighted by molar-refractivity contribution is -0.108. The van der Waals surface area contributed by atoms with Gasteiger partial charge in [-0.1, -0.05) is 32.9 Å². The van der Waals surface area contributed by atoms with Gasteiger partial charge in [-0.2, -0.15) is 0 Å². The normalized spacial score (nSPS) is 23.0. The molecule has 0 amide bonds. The average Bonchev–Trinajstić information content (AvgIpc) is 3.07. The first-order valence-corrected chi connectivity index (χ1v) is 9.90. The summed E-state index contributed by atoms with van der Waals surface area (Å²) in [5.41, 5.74) is 1.26. The van der Waals surface area contributed by atoms with Gasteiger partial charge in [-0.05, 0) is 48.2 Å². The Balaban J connectivity index is 2.05. The molecule has 2 nitrogen and oxygen atoms in total. The Kier molecular flexibility index (Phi) is 3.60. The molecule has 1 aromatic carbocycles. The van der Waals surface area contributed by atoms with Gasteiger partial charge in [-0.15, -0.1) is 0 Å². The van der Waals surface area contributed by atoms with Crippen molar-refractivity contribution in [1.82, 2.24) is 0 Å². The Morgan fingerprint density at radius 1 is 1.21 bits per heavy atom. The standard InChI is InChI=1S/C16H24O2Si/c1-16(2,3)19(4,5)18-14-8-6-12(7-9-14)15-10-13(15)11-17/h6-9,11,13,15H,10H2,1-5H3. The van der Waals surface area contributed by atoms with E-state index in [0.717, 1.165) is 18.5 Å². The van der Waals surface area contributed by atoms with Crippen molar-refractivity contribution in [3.8, 4) is 5.75 Å². The van der Waals surface area contributed by atoms with E-state index in [0.29, 0.717) is 5.92 Å². The maximum atomic E-state index is 10.7. The van der Waals surface area contributed by atoms with Crippen molar-refractivity contribution in [3.63, 3.8) is 0 Å². The van der Waals surface area contributed by atoms with E-state index in [1.807, 2.05) is 0 Å². The van der Waals surface area contributed by atoms with Gasteiger partial charge >= 0.3 is 0 Å². The molecule has 104 valence electrons. The lowest BCUT2D eigenvalue weighted by atomic mass is 10.1. The highest BCUT2D eigenvalue weighted by atomic mass is 28.4. The van der Waals surface area contributed by atoms with Crippen LogP contribution in [0.5, 0.6) is 5.75 Å². The molecule has 0 aromatic heterocycles. The maximum absolute atomic E-state index is 10.7. The van der Waals surface area contributed by atoms with Crippen LogP contribution in [0.2, 0.25) is 18.1 Å². The van der Waals surface area contributed by atoms with E-state index in [4.69, 9.17) is 4.43 Å². The molecule has 0 spiro atoms. The topological polar surface area (TPSA) is 26.3 Å². The van der Waals surface area contributed by atoms with Crippen LogP contribution in [0.4, 0.5) is 0 Å². The molecule has 0 radical (unpaired) electrons. The van der Waals surface area contributed by atoms with E-state index in [2.05, 4.69) is 58.1 Å². The summed E-state index contributed by atoms with van der Waals surface area (Å²) in [7, 11) is -1.75. The summed E-state index contributed by atoms with van der Waals surface area (Å²) in [6.45, 7) is 11.2. The number of hydrogen-bond acceptors (Lipinski definition) is 2. The van der Waals surface area contributed by atoms with Gasteiger partial charge in [0.1, 0.15) is 12.0 Å². The molecule has 1 aliphatic rings. The Hall–Kier alpha value is -1.09. The van der Waals surface area contributed by atoms with Crippen molar-refractivity contribution in [3.05, 3.63) is 29.8 Å². The molecule has 1 fully saturated rings. The van der Waals surface area contributed by atoms with Crippen LogP contribution in [0.3, 0.4) is 0 Å². The summed E-state index contributed by atoms with van der Waals surface area (Å²) < 4.78 is 6.24. The number of carbonyl (C=O) groups excluding carboxylic acids is 1. The molecule has 0 bridgehead atoms. The Bertz CT molecular complexity index is 457. The summed E-state index contributed by atoms with van der Waals surface area (Å²) >= 11 is 0. The highest BCUT2D eigenvalue weighted by Gasteiger charge is 2.40. The first-order valence-electron chi connectivity index (χ1n) is 6.99. The van der Waals surface area contributed by atoms with Crippen LogP contribution in [0, 0.1) is 5.92 Å². The molecule has 19 heavy (non-hydrogen) atoms. The zero-order chi connectivity index (χ0) is 14.3. The predicted octanol–water partition coefficient (Wildman–Crippen LogP) is 4.37.